The van der Waals surface area contributed by atoms with Crippen molar-refractivity contribution < 1.29 is 9.21 Å². The SMILES string of the molecule is CCc1ccc2oc(C(=O)CCl)c(C)c2c1. The van der Waals surface area contributed by atoms with E-state index in [0.29, 0.717) is 5.76 Å². The Labute approximate surface area is 99.2 Å². The highest BCUT2D eigenvalue weighted by Gasteiger charge is 2.16. The first-order valence-corrected chi connectivity index (χ1v) is 5.82. The summed E-state index contributed by atoms with van der Waals surface area (Å²) in [7, 11) is 0. The van der Waals surface area contributed by atoms with E-state index in [1.54, 1.807) is 0 Å². The van der Waals surface area contributed by atoms with Crippen LogP contribution < -0.4 is 0 Å². The summed E-state index contributed by atoms with van der Waals surface area (Å²) < 4.78 is 5.52. The molecule has 0 aliphatic carbocycles. The smallest absolute Gasteiger partial charge is 0.212 e. The van der Waals surface area contributed by atoms with Gasteiger partial charge in [0.2, 0.25) is 5.78 Å². The van der Waals surface area contributed by atoms with Gasteiger partial charge in [-0.3, -0.25) is 4.79 Å². The van der Waals surface area contributed by atoms with E-state index in [-0.39, 0.29) is 11.7 Å². The molecule has 0 bridgehead atoms. The summed E-state index contributed by atoms with van der Waals surface area (Å²) in [6, 6.07) is 5.99. The van der Waals surface area contributed by atoms with E-state index in [2.05, 4.69) is 13.0 Å². The second-order valence-corrected chi connectivity index (χ2v) is 4.06. The average Bonchev–Trinajstić information content (AvgIpc) is 2.65. The summed E-state index contributed by atoms with van der Waals surface area (Å²) >= 11 is 5.54. The Hall–Kier alpha value is -1.28. The predicted octanol–water partition coefficient (Wildman–Crippen LogP) is 3.73. The molecule has 0 saturated heterocycles. The summed E-state index contributed by atoms with van der Waals surface area (Å²) in [5.74, 6) is 0.188. The third-order valence-electron chi connectivity index (χ3n) is 2.78. The number of aryl methyl sites for hydroxylation is 2. The Balaban J connectivity index is 2.64. The molecule has 1 aromatic heterocycles. The van der Waals surface area contributed by atoms with Crippen LogP contribution in [-0.4, -0.2) is 11.7 Å². The topological polar surface area (TPSA) is 30.2 Å². The van der Waals surface area contributed by atoms with Crippen LogP contribution in [-0.2, 0) is 6.42 Å². The van der Waals surface area contributed by atoms with Gasteiger partial charge < -0.3 is 4.42 Å². The molecule has 2 aromatic rings. The van der Waals surface area contributed by atoms with Gasteiger partial charge in [-0.25, -0.2) is 0 Å². The number of halogens is 1. The highest BCUT2D eigenvalue weighted by Crippen LogP contribution is 2.26. The fraction of sp³-hybridized carbons (Fsp3) is 0.308. The number of furan rings is 1. The van der Waals surface area contributed by atoms with Crippen LogP contribution in [0.1, 0.15) is 28.6 Å². The maximum atomic E-state index is 11.5. The monoisotopic (exact) mass is 236 g/mol. The minimum atomic E-state index is -0.159. The van der Waals surface area contributed by atoms with Crippen LogP contribution in [0.3, 0.4) is 0 Å². The van der Waals surface area contributed by atoms with Gasteiger partial charge in [0.15, 0.2) is 5.76 Å². The number of alkyl halides is 1. The molecule has 0 N–H and O–H groups in total. The van der Waals surface area contributed by atoms with Crippen molar-refractivity contribution in [1.82, 2.24) is 0 Å². The lowest BCUT2D eigenvalue weighted by Crippen LogP contribution is -1.99. The fourth-order valence-electron chi connectivity index (χ4n) is 1.81. The highest BCUT2D eigenvalue weighted by molar-refractivity contribution is 6.30. The first-order valence-electron chi connectivity index (χ1n) is 5.28. The maximum absolute atomic E-state index is 11.5. The van der Waals surface area contributed by atoms with E-state index in [9.17, 15) is 4.79 Å². The molecule has 0 unspecified atom stereocenters. The molecule has 0 aliphatic rings. The lowest BCUT2D eigenvalue weighted by Gasteiger charge is -1.95. The molecule has 1 heterocycles. The second-order valence-electron chi connectivity index (χ2n) is 3.80. The minimum Gasteiger partial charge on any atom is -0.453 e. The third-order valence-corrected chi connectivity index (χ3v) is 3.03. The normalized spacial score (nSPS) is 10.9. The molecule has 0 atom stereocenters. The molecule has 1 aromatic carbocycles. The Bertz CT molecular complexity index is 540. The van der Waals surface area contributed by atoms with Crippen LogP contribution >= 0.6 is 11.6 Å². The molecule has 2 nitrogen and oxygen atoms in total. The second kappa shape index (κ2) is 4.30. The van der Waals surface area contributed by atoms with Gasteiger partial charge >= 0.3 is 0 Å². The number of carbonyl (C=O) groups is 1. The lowest BCUT2D eigenvalue weighted by molar-refractivity contribution is 0.0992. The molecule has 2 rings (SSSR count). The molecule has 16 heavy (non-hydrogen) atoms. The molecule has 0 aliphatic heterocycles. The van der Waals surface area contributed by atoms with Crippen LogP contribution in [0, 0.1) is 6.92 Å². The molecule has 3 heteroatoms. The first-order chi connectivity index (χ1) is 7.67. The molecule has 0 radical (unpaired) electrons. The maximum Gasteiger partial charge on any atom is 0.212 e. The van der Waals surface area contributed by atoms with Gasteiger partial charge in [-0.05, 0) is 31.0 Å². The van der Waals surface area contributed by atoms with Gasteiger partial charge in [0.25, 0.3) is 0 Å². The van der Waals surface area contributed by atoms with Crippen molar-refractivity contribution in [3.05, 3.63) is 35.1 Å². The van der Waals surface area contributed by atoms with Crippen molar-refractivity contribution >= 4 is 28.4 Å². The largest absolute Gasteiger partial charge is 0.453 e. The van der Waals surface area contributed by atoms with Crippen molar-refractivity contribution in [1.29, 1.82) is 0 Å². The number of carbonyl (C=O) groups excluding carboxylic acids is 1. The molecule has 0 amide bonds. The van der Waals surface area contributed by atoms with Crippen LogP contribution in [0.2, 0.25) is 0 Å². The molecule has 0 spiro atoms. The number of rotatable bonds is 3. The van der Waals surface area contributed by atoms with Crippen molar-refractivity contribution in [2.75, 3.05) is 5.88 Å². The number of benzene rings is 1. The minimum absolute atomic E-state index is 0.0404. The summed E-state index contributed by atoms with van der Waals surface area (Å²) in [6.45, 7) is 3.99. The quantitative estimate of drug-likeness (QED) is 0.601. The van der Waals surface area contributed by atoms with Crippen LogP contribution in [0.15, 0.2) is 22.6 Å². The van der Waals surface area contributed by atoms with E-state index < -0.39 is 0 Å². The van der Waals surface area contributed by atoms with E-state index in [1.165, 1.54) is 5.56 Å². The zero-order chi connectivity index (χ0) is 11.7. The van der Waals surface area contributed by atoms with E-state index in [0.717, 1.165) is 23.0 Å². The summed E-state index contributed by atoms with van der Waals surface area (Å²) in [5.41, 5.74) is 2.88. The van der Waals surface area contributed by atoms with Crippen molar-refractivity contribution in [2.24, 2.45) is 0 Å². The van der Waals surface area contributed by atoms with Gasteiger partial charge in [0, 0.05) is 10.9 Å². The summed E-state index contributed by atoms with van der Waals surface area (Å²) in [5, 5.41) is 1.01. The fourth-order valence-corrected chi connectivity index (χ4v) is 1.94. The predicted molar refractivity (Wildman–Crippen MR) is 65.4 cm³/mol. The first kappa shape index (κ1) is 11.2. The molecular weight excluding hydrogens is 224 g/mol. The van der Waals surface area contributed by atoms with E-state index in [4.69, 9.17) is 16.0 Å². The van der Waals surface area contributed by atoms with Gasteiger partial charge in [-0.1, -0.05) is 13.0 Å². The Morgan fingerprint density at radius 3 is 2.81 bits per heavy atom. The van der Waals surface area contributed by atoms with Crippen molar-refractivity contribution in [3.8, 4) is 0 Å². The van der Waals surface area contributed by atoms with Gasteiger partial charge in [-0.2, -0.15) is 0 Å². The summed E-state index contributed by atoms with van der Waals surface area (Å²) in [4.78, 5) is 11.5. The standard InChI is InChI=1S/C13H13ClO2/c1-3-9-4-5-12-10(6-9)8(2)13(16-12)11(15)7-14/h4-6H,3,7H2,1-2H3. The molecule has 0 fully saturated rings. The lowest BCUT2D eigenvalue weighted by atomic mass is 10.1. The zero-order valence-electron chi connectivity index (χ0n) is 9.34. The van der Waals surface area contributed by atoms with Gasteiger partial charge in [-0.15, -0.1) is 11.6 Å². The average molecular weight is 237 g/mol. The molecule has 0 saturated carbocycles. The zero-order valence-corrected chi connectivity index (χ0v) is 10.1. The Kier molecular flexibility index (Phi) is 3.01. The van der Waals surface area contributed by atoms with Gasteiger partial charge in [0.1, 0.15) is 5.58 Å². The van der Waals surface area contributed by atoms with Crippen LogP contribution in [0.5, 0.6) is 0 Å². The molecular formula is C13H13ClO2. The number of fused-ring (bicyclic) bond motifs is 1. The highest BCUT2D eigenvalue weighted by atomic mass is 35.5. The van der Waals surface area contributed by atoms with E-state index >= 15 is 0 Å². The van der Waals surface area contributed by atoms with Crippen molar-refractivity contribution in [3.63, 3.8) is 0 Å². The number of Topliss-reactive ketones (excluding diaryl/α,β-unsaturated/α-hetero) is 1. The summed E-state index contributed by atoms with van der Waals surface area (Å²) in [6.07, 6.45) is 0.972. The van der Waals surface area contributed by atoms with Crippen molar-refractivity contribution in [2.45, 2.75) is 20.3 Å². The number of ketones is 1. The number of hydrogen-bond donors (Lipinski definition) is 0. The Morgan fingerprint density at radius 1 is 1.44 bits per heavy atom. The van der Waals surface area contributed by atoms with Crippen LogP contribution in [0.4, 0.5) is 0 Å². The third kappa shape index (κ3) is 1.74. The number of hydrogen-bond acceptors (Lipinski definition) is 2. The van der Waals surface area contributed by atoms with Crippen LogP contribution in [0.25, 0.3) is 11.0 Å². The Morgan fingerprint density at radius 2 is 2.19 bits per heavy atom. The molecule has 84 valence electrons. The van der Waals surface area contributed by atoms with Gasteiger partial charge in [0.05, 0.1) is 5.88 Å². The van der Waals surface area contributed by atoms with E-state index in [1.807, 2.05) is 19.1 Å².